The summed E-state index contributed by atoms with van der Waals surface area (Å²) in [6, 6.07) is 0. The van der Waals surface area contributed by atoms with Crippen molar-refractivity contribution in [2.75, 3.05) is 13.1 Å². The van der Waals surface area contributed by atoms with Crippen LogP contribution in [0.15, 0.2) is 12.4 Å². The molecule has 1 saturated heterocycles. The summed E-state index contributed by atoms with van der Waals surface area (Å²) < 4.78 is 2.30. The predicted octanol–water partition coefficient (Wildman–Crippen LogP) is 1.84. The molecule has 84 valence electrons. The van der Waals surface area contributed by atoms with E-state index in [4.69, 9.17) is 0 Å². The first-order valence-electron chi connectivity index (χ1n) is 6.11. The molecule has 1 aromatic heterocycles. The van der Waals surface area contributed by atoms with Crippen LogP contribution >= 0.6 is 0 Å². The van der Waals surface area contributed by atoms with Crippen LogP contribution in [0, 0.1) is 5.92 Å². The van der Waals surface area contributed by atoms with Gasteiger partial charge in [0.1, 0.15) is 5.82 Å². The number of aryl methyl sites for hydroxylation is 1. The number of nitrogens with one attached hydrogen (secondary N) is 1. The van der Waals surface area contributed by atoms with Crippen LogP contribution in [0.1, 0.15) is 32.0 Å². The third-order valence-corrected chi connectivity index (χ3v) is 3.14. The maximum atomic E-state index is 4.46. The Kier molecular flexibility index (Phi) is 3.78. The molecule has 0 bridgehead atoms. The minimum absolute atomic E-state index is 0.789. The van der Waals surface area contributed by atoms with E-state index in [1.807, 2.05) is 6.20 Å². The Morgan fingerprint density at radius 3 is 3.27 bits per heavy atom. The number of rotatable bonds is 4. The van der Waals surface area contributed by atoms with E-state index in [2.05, 4.69) is 28.0 Å². The molecule has 0 amide bonds. The van der Waals surface area contributed by atoms with Gasteiger partial charge in [-0.1, -0.05) is 6.92 Å². The maximum absolute atomic E-state index is 4.46. The lowest BCUT2D eigenvalue weighted by Gasteiger charge is -2.22. The summed E-state index contributed by atoms with van der Waals surface area (Å²) in [6.45, 7) is 5.68. The molecule has 1 aliphatic rings. The fourth-order valence-electron chi connectivity index (χ4n) is 2.33. The Labute approximate surface area is 91.9 Å². The standard InChI is InChI=1S/C12H21N3/c1-2-7-15-8-6-14-12(15)9-11-4-3-5-13-10-11/h6,8,11,13H,2-5,7,9-10H2,1H3. The van der Waals surface area contributed by atoms with Gasteiger partial charge in [0.15, 0.2) is 0 Å². The lowest BCUT2D eigenvalue weighted by atomic mass is 9.96. The predicted molar refractivity (Wildman–Crippen MR) is 61.8 cm³/mol. The molecule has 15 heavy (non-hydrogen) atoms. The van der Waals surface area contributed by atoms with Gasteiger partial charge < -0.3 is 9.88 Å². The second-order valence-corrected chi connectivity index (χ2v) is 4.45. The van der Waals surface area contributed by atoms with Gasteiger partial charge in [0, 0.05) is 25.4 Å². The number of hydrogen-bond donors (Lipinski definition) is 1. The van der Waals surface area contributed by atoms with Gasteiger partial charge in [0.05, 0.1) is 0 Å². The zero-order valence-corrected chi connectivity index (χ0v) is 9.58. The molecule has 1 atom stereocenters. The molecule has 1 fully saturated rings. The van der Waals surface area contributed by atoms with Crippen molar-refractivity contribution in [1.82, 2.24) is 14.9 Å². The van der Waals surface area contributed by atoms with E-state index < -0.39 is 0 Å². The van der Waals surface area contributed by atoms with Gasteiger partial charge in [-0.2, -0.15) is 0 Å². The largest absolute Gasteiger partial charge is 0.335 e. The zero-order valence-electron chi connectivity index (χ0n) is 9.58. The summed E-state index contributed by atoms with van der Waals surface area (Å²) in [6.07, 6.45) is 9.04. The van der Waals surface area contributed by atoms with Crippen molar-refractivity contribution in [3.63, 3.8) is 0 Å². The maximum Gasteiger partial charge on any atom is 0.108 e. The van der Waals surface area contributed by atoms with Crippen molar-refractivity contribution in [3.8, 4) is 0 Å². The van der Waals surface area contributed by atoms with Crippen molar-refractivity contribution in [1.29, 1.82) is 0 Å². The second kappa shape index (κ2) is 5.31. The highest BCUT2D eigenvalue weighted by Crippen LogP contribution is 2.15. The van der Waals surface area contributed by atoms with Gasteiger partial charge in [-0.05, 0) is 38.3 Å². The molecule has 1 unspecified atom stereocenters. The Bertz CT molecular complexity index is 287. The summed E-state index contributed by atoms with van der Waals surface area (Å²) in [7, 11) is 0. The van der Waals surface area contributed by atoms with Crippen LogP contribution in [0.2, 0.25) is 0 Å². The van der Waals surface area contributed by atoms with E-state index in [9.17, 15) is 0 Å². The summed E-state index contributed by atoms with van der Waals surface area (Å²) in [5.41, 5.74) is 0. The van der Waals surface area contributed by atoms with Crippen LogP contribution in [0.5, 0.6) is 0 Å². The first kappa shape index (κ1) is 10.7. The molecule has 1 N–H and O–H groups in total. The number of imidazole rings is 1. The molecule has 0 spiro atoms. The van der Waals surface area contributed by atoms with Crippen LogP contribution in [0.4, 0.5) is 0 Å². The third kappa shape index (κ3) is 2.81. The SMILES string of the molecule is CCCn1ccnc1CC1CCCNC1. The van der Waals surface area contributed by atoms with E-state index in [1.54, 1.807) is 0 Å². The van der Waals surface area contributed by atoms with Crippen molar-refractivity contribution in [3.05, 3.63) is 18.2 Å². The normalized spacial score (nSPS) is 21.8. The second-order valence-electron chi connectivity index (χ2n) is 4.45. The van der Waals surface area contributed by atoms with E-state index in [1.165, 1.54) is 38.2 Å². The van der Waals surface area contributed by atoms with E-state index in [-0.39, 0.29) is 0 Å². The fraction of sp³-hybridized carbons (Fsp3) is 0.750. The summed E-state index contributed by atoms with van der Waals surface area (Å²) in [4.78, 5) is 4.46. The Morgan fingerprint density at radius 1 is 1.60 bits per heavy atom. The molecular weight excluding hydrogens is 186 g/mol. The quantitative estimate of drug-likeness (QED) is 0.816. The molecule has 0 aliphatic carbocycles. The molecule has 0 saturated carbocycles. The van der Waals surface area contributed by atoms with Gasteiger partial charge >= 0.3 is 0 Å². The van der Waals surface area contributed by atoms with Gasteiger partial charge in [0.25, 0.3) is 0 Å². The molecule has 2 heterocycles. The lowest BCUT2D eigenvalue weighted by Crippen LogP contribution is -2.31. The number of hydrogen-bond acceptors (Lipinski definition) is 2. The average Bonchev–Trinajstić information content (AvgIpc) is 2.68. The van der Waals surface area contributed by atoms with Crippen LogP contribution in [-0.4, -0.2) is 22.6 Å². The first-order valence-corrected chi connectivity index (χ1v) is 6.11. The molecule has 2 rings (SSSR count). The summed E-state index contributed by atoms with van der Waals surface area (Å²) in [5.74, 6) is 2.06. The van der Waals surface area contributed by atoms with Crippen LogP contribution in [0.3, 0.4) is 0 Å². The van der Waals surface area contributed by atoms with E-state index >= 15 is 0 Å². The van der Waals surface area contributed by atoms with Crippen LogP contribution in [0.25, 0.3) is 0 Å². The number of nitrogens with zero attached hydrogens (tertiary/aromatic N) is 2. The van der Waals surface area contributed by atoms with Gasteiger partial charge in [-0.15, -0.1) is 0 Å². The van der Waals surface area contributed by atoms with Gasteiger partial charge in [-0.25, -0.2) is 4.98 Å². The molecule has 0 aromatic carbocycles. The minimum atomic E-state index is 0.789. The molecule has 1 aliphatic heterocycles. The highest BCUT2D eigenvalue weighted by Gasteiger charge is 2.15. The Balaban J connectivity index is 1.93. The molecule has 0 radical (unpaired) electrons. The van der Waals surface area contributed by atoms with Crippen molar-refractivity contribution in [2.45, 2.75) is 39.2 Å². The molecule has 1 aromatic rings. The van der Waals surface area contributed by atoms with Crippen molar-refractivity contribution in [2.24, 2.45) is 5.92 Å². The van der Waals surface area contributed by atoms with E-state index in [0.717, 1.165) is 18.9 Å². The minimum Gasteiger partial charge on any atom is -0.335 e. The average molecular weight is 207 g/mol. The number of aromatic nitrogens is 2. The highest BCUT2D eigenvalue weighted by molar-refractivity contribution is 4.95. The van der Waals surface area contributed by atoms with Gasteiger partial charge in [-0.3, -0.25) is 0 Å². The summed E-state index contributed by atoms with van der Waals surface area (Å²) >= 11 is 0. The van der Waals surface area contributed by atoms with Crippen LogP contribution < -0.4 is 5.32 Å². The third-order valence-electron chi connectivity index (χ3n) is 3.14. The summed E-state index contributed by atoms with van der Waals surface area (Å²) in [5, 5.41) is 3.46. The Morgan fingerprint density at radius 2 is 2.53 bits per heavy atom. The lowest BCUT2D eigenvalue weighted by molar-refractivity contribution is 0.366. The highest BCUT2D eigenvalue weighted by atomic mass is 15.1. The Hall–Kier alpha value is -0.830. The van der Waals surface area contributed by atoms with Gasteiger partial charge in [0.2, 0.25) is 0 Å². The molecular formula is C12H21N3. The zero-order chi connectivity index (χ0) is 10.5. The molecule has 3 nitrogen and oxygen atoms in total. The topological polar surface area (TPSA) is 29.9 Å². The van der Waals surface area contributed by atoms with Crippen molar-refractivity contribution < 1.29 is 0 Å². The molecule has 3 heteroatoms. The monoisotopic (exact) mass is 207 g/mol. The number of piperidine rings is 1. The first-order chi connectivity index (χ1) is 7.40. The smallest absolute Gasteiger partial charge is 0.108 e. The van der Waals surface area contributed by atoms with E-state index in [0.29, 0.717) is 0 Å². The van der Waals surface area contributed by atoms with Crippen LogP contribution in [-0.2, 0) is 13.0 Å². The fourth-order valence-corrected chi connectivity index (χ4v) is 2.33. The van der Waals surface area contributed by atoms with Crippen molar-refractivity contribution >= 4 is 0 Å².